The zero-order chi connectivity index (χ0) is 11.5. The van der Waals surface area contributed by atoms with Crippen molar-refractivity contribution in [3.8, 4) is 5.75 Å². The fourth-order valence-electron chi connectivity index (χ4n) is 0.773. The molecule has 1 rings (SSSR count). The van der Waals surface area contributed by atoms with E-state index in [9.17, 15) is 14.9 Å². The van der Waals surface area contributed by atoms with Crippen LogP contribution >= 0.6 is 0 Å². The SMILES string of the molecule is C[C@](N)(C(=O)Oc1ccccc1)[N+](=O)[O-]. The highest BCUT2D eigenvalue weighted by Gasteiger charge is 2.43. The number of nitro groups is 1. The lowest BCUT2D eigenvalue weighted by molar-refractivity contribution is -0.548. The average Bonchev–Trinajstić information content (AvgIpc) is 2.18. The molecule has 0 fully saturated rings. The van der Waals surface area contributed by atoms with E-state index in [2.05, 4.69) is 0 Å². The van der Waals surface area contributed by atoms with Crippen LogP contribution in [0.1, 0.15) is 6.92 Å². The largest absolute Gasteiger partial charge is 0.420 e. The first-order chi connectivity index (χ1) is 6.94. The van der Waals surface area contributed by atoms with Crippen molar-refractivity contribution in [2.75, 3.05) is 0 Å². The molecule has 6 heteroatoms. The molecule has 0 spiro atoms. The van der Waals surface area contributed by atoms with Gasteiger partial charge in [-0.2, -0.15) is 0 Å². The van der Waals surface area contributed by atoms with Crippen LogP contribution in [0.5, 0.6) is 5.75 Å². The molecule has 0 saturated heterocycles. The predicted octanol–water partition coefficient (Wildman–Crippen LogP) is 0.544. The molecule has 6 nitrogen and oxygen atoms in total. The summed E-state index contributed by atoms with van der Waals surface area (Å²) in [6, 6.07) is 8.03. The molecule has 0 saturated carbocycles. The Balaban J connectivity index is 2.77. The molecule has 0 amide bonds. The van der Waals surface area contributed by atoms with Crippen molar-refractivity contribution in [1.82, 2.24) is 0 Å². The Labute approximate surface area is 85.8 Å². The molecule has 2 N–H and O–H groups in total. The molecule has 80 valence electrons. The molecule has 0 unspecified atom stereocenters. The Bertz CT molecular complexity index is 375. The van der Waals surface area contributed by atoms with E-state index in [-0.39, 0.29) is 5.75 Å². The zero-order valence-corrected chi connectivity index (χ0v) is 8.04. The van der Waals surface area contributed by atoms with Gasteiger partial charge in [-0.3, -0.25) is 15.8 Å². The van der Waals surface area contributed by atoms with E-state index < -0.39 is 16.6 Å². The van der Waals surface area contributed by atoms with Gasteiger partial charge in [-0.1, -0.05) is 18.2 Å². The first-order valence-corrected chi connectivity index (χ1v) is 4.15. The topological polar surface area (TPSA) is 95.5 Å². The number of esters is 1. The number of para-hydroxylation sites is 1. The number of nitrogens with two attached hydrogens (primary N) is 1. The van der Waals surface area contributed by atoms with Crippen molar-refractivity contribution in [2.45, 2.75) is 12.6 Å². The summed E-state index contributed by atoms with van der Waals surface area (Å²) < 4.78 is 4.73. The van der Waals surface area contributed by atoms with E-state index in [1.165, 1.54) is 12.1 Å². The van der Waals surface area contributed by atoms with E-state index >= 15 is 0 Å². The van der Waals surface area contributed by atoms with Gasteiger partial charge in [-0.25, -0.2) is 4.79 Å². The Morgan fingerprint density at radius 3 is 2.47 bits per heavy atom. The van der Waals surface area contributed by atoms with Crippen molar-refractivity contribution in [1.29, 1.82) is 0 Å². The number of carbonyl (C=O) groups excluding carboxylic acids is 1. The molecule has 1 atom stereocenters. The molecule has 1 aromatic rings. The maximum atomic E-state index is 11.3. The van der Waals surface area contributed by atoms with Crippen LogP contribution in [0.4, 0.5) is 0 Å². The average molecular weight is 210 g/mol. The number of benzene rings is 1. The fraction of sp³-hybridized carbons (Fsp3) is 0.222. The third kappa shape index (κ3) is 2.50. The molecule has 0 heterocycles. The summed E-state index contributed by atoms with van der Waals surface area (Å²) in [5.74, 6) is -0.875. The Morgan fingerprint density at radius 2 is 2.00 bits per heavy atom. The minimum absolute atomic E-state index is 0.223. The molecule has 15 heavy (non-hydrogen) atoms. The molecule has 0 aliphatic carbocycles. The fourth-order valence-corrected chi connectivity index (χ4v) is 0.773. The van der Waals surface area contributed by atoms with E-state index in [0.717, 1.165) is 6.92 Å². The highest BCUT2D eigenvalue weighted by Crippen LogP contribution is 2.12. The van der Waals surface area contributed by atoms with Crippen molar-refractivity contribution < 1.29 is 14.5 Å². The van der Waals surface area contributed by atoms with Crippen molar-refractivity contribution >= 4 is 5.97 Å². The molecular weight excluding hydrogens is 200 g/mol. The van der Waals surface area contributed by atoms with Gasteiger partial charge in [0, 0.05) is 6.92 Å². The third-order valence-electron chi connectivity index (χ3n) is 1.75. The van der Waals surface area contributed by atoms with Crippen molar-refractivity contribution in [2.24, 2.45) is 5.73 Å². The summed E-state index contributed by atoms with van der Waals surface area (Å²) in [6.45, 7) is 0.984. The number of hydrogen-bond donors (Lipinski definition) is 1. The summed E-state index contributed by atoms with van der Waals surface area (Å²) >= 11 is 0. The smallest absolute Gasteiger partial charge is 0.406 e. The Kier molecular flexibility index (Phi) is 3.01. The number of ether oxygens (including phenoxy) is 1. The number of nitrogens with zero attached hydrogens (tertiary/aromatic N) is 1. The van der Waals surface area contributed by atoms with Crippen LogP contribution in [0, 0.1) is 10.1 Å². The standard InChI is InChI=1S/C9H10N2O4/c1-9(10,11(13)14)8(12)15-7-5-3-2-4-6-7/h2-6H,10H2,1H3/t9-/m1/s1. The minimum atomic E-state index is -2.23. The summed E-state index contributed by atoms with van der Waals surface area (Å²) in [7, 11) is 0. The molecule has 0 aliphatic rings. The number of carbonyl (C=O) groups is 1. The summed E-state index contributed by atoms with van der Waals surface area (Å²) in [4.78, 5) is 20.8. The first kappa shape index (κ1) is 11.1. The van der Waals surface area contributed by atoms with Crippen LogP contribution in [0.2, 0.25) is 0 Å². The highest BCUT2D eigenvalue weighted by molar-refractivity contribution is 5.80. The summed E-state index contributed by atoms with van der Waals surface area (Å²) in [5.41, 5.74) is 2.95. The van der Waals surface area contributed by atoms with Crippen LogP contribution < -0.4 is 10.5 Å². The van der Waals surface area contributed by atoms with Crippen LogP contribution in [0.3, 0.4) is 0 Å². The lowest BCUT2D eigenvalue weighted by Crippen LogP contribution is -2.54. The zero-order valence-electron chi connectivity index (χ0n) is 8.04. The van der Waals surface area contributed by atoms with Crippen molar-refractivity contribution in [3.05, 3.63) is 40.4 Å². The molecule has 1 aromatic carbocycles. The van der Waals surface area contributed by atoms with Gasteiger partial charge < -0.3 is 4.74 Å². The van der Waals surface area contributed by atoms with Gasteiger partial charge in [0.05, 0.1) is 4.92 Å². The van der Waals surface area contributed by atoms with E-state index in [4.69, 9.17) is 10.5 Å². The van der Waals surface area contributed by atoms with E-state index in [1.54, 1.807) is 18.2 Å². The molecule has 0 aliphatic heterocycles. The Morgan fingerprint density at radius 1 is 1.47 bits per heavy atom. The molecule has 0 aromatic heterocycles. The predicted molar refractivity (Wildman–Crippen MR) is 51.7 cm³/mol. The van der Waals surface area contributed by atoms with Gasteiger partial charge in [0.2, 0.25) is 0 Å². The summed E-state index contributed by atoms with van der Waals surface area (Å²) in [5, 5.41) is 10.4. The van der Waals surface area contributed by atoms with Gasteiger partial charge in [0.1, 0.15) is 5.75 Å². The molecule has 0 radical (unpaired) electrons. The first-order valence-electron chi connectivity index (χ1n) is 4.15. The number of hydrogen-bond acceptors (Lipinski definition) is 5. The van der Waals surface area contributed by atoms with Crippen LogP contribution in [-0.4, -0.2) is 16.6 Å². The minimum Gasteiger partial charge on any atom is -0.420 e. The van der Waals surface area contributed by atoms with Crippen molar-refractivity contribution in [3.63, 3.8) is 0 Å². The van der Waals surface area contributed by atoms with Gasteiger partial charge in [-0.15, -0.1) is 0 Å². The lowest BCUT2D eigenvalue weighted by Gasteiger charge is -2.13. The van der Waals surface area contributed by atoms with Gasteiger partial charge in [-0.05, 0) is 12.1 Å². The normalized spacial score (nSPS) is 14.0. The third-order valence-corrected chi connectivity index (χ3v) is 1.75. The quantitative estimate of drug-likeness (QED) is 0.258. The second-order valence-electron chi connectivity index (χ2n) is 3.11. The summed E-state index contributed by atoms with van der Waals surface area (Å²) in [6.07, 6.45) is 0. The maximum absolute atomic E-state index is 11.3. The van der Waals surface area contributed by atoms with Crippen LogP contribution in [0.15, 0.2) is 30.3 Å². The molecular formula is C9H10N2O4. The van der Waals surface area contributed by atoms with E-state index in [0.29, 0.717) is 0 Å². The van der Waals surface area contributed by atoms with Gasteiger partial charge in [0.15, 0.2) is 0 Å². The van der Waals surface area contributed by atoms with Gasteiger partial charge >= 0.3 is 11.6 Å². The second-order valence-corrected chi connectivity index (χ2v) is 3.11. The van der Waals surface area contributed by atoms with Gasteiger partial charge in [0.25, 0.3) is 0 Å². The Hall–Kier alpha value is -1.95. The molecule has 0 bridgehead atoms. The van der Waals surface area contributed by atoms with E-state index in [1.807, 2.05) is 0 Å². The maximum Gasteiger partial charge on any atom is 0.406 e. The lowest BCUT2D eigenvalue weighted by atomic mass is 10.2. The monoisotopic (exact) mass is 210 g/mol. The second kappa shape index (κ2) is 4.05. The van der Waals surface area contributed by atoms with Crippen LogP contribution in [0.25, 0.3) is 0 Å². The van der Waals surface area contributed by atoms with Crippen LogP contribution in [-0.2, 0) is 4.79 Å². The number of rotatable bonds is 3. The highest BCUT2D eigenvalue weighted by atomic mass is 16.6.